The van der Waals surface area contributed by atoms with E-state index < -0.39 is 12.1 Å². The van der Waals surface area contributed by atoms with Crippen LogP contribution >= 0.6 is 0 Å². The summed E-state index contributed by atoms with van der Waals surface area (Å²) in [6.07, 6.45) is 1.20. The molecule has 8 nitrogen and oxygen atoms in total. The molecule has 5 rings (SSSR count). The first-order chi connectivity index (χ1) is 18.1. The van der Waals surface area contributed by atoms with Crippen molar-refractivity contribution in [2.45, 2.75) is 6.17 Å². The van der Waals surface area contributed by atoms with E-state index in [2.05, 4.69) is 20.6 Å². The number of benzene rings is 3. The predicted molar refractivity (Wildman–Crippen MR) is 140 cm³/mol. The molecule has 9 heteroatoms. The highest BCUT2D eigenvalue weighted by molar-refractivity contribution is 6.04. The molecule has 2 amide bonds. The lowest BCUT2D eigenvalue weighted by Crippen LogP contribution is -2.36. The Labute approximate surface area is 213 Å². The van der Waals surface area contributed by atoms with Crippen molar-refractivity contribution in [1.82, 2.24) is 9.78 Å². The smallest absolute Gasteiger partial charge is 0.263 e. The van der Waals surface area contributed by atoms with Gasteiger partial charge in [-0.15, -0.1) is 0 Å². The average molecular weight is 500 g/mol. The van der Waals surface area contributed by atoms with Gasteiger partial charge < -0.3 is 20.3 Å². The maximum Gasteiger partial charge on any atom is 0.263 e. The van der Waals surface area contributed by atoms with Gasteiger partial charge in [-0.05, 0) is 48.0 Å². The summed E-state index contributed by atoms with van der Waals surface area (Å²) in [6.45, 7) is 3.11. The highest BCUT2D eigenvalue weighted by Gasteiger charge is 2.20. The molecule has 1 fully saturated rings. The largest absolute Gasteiger partial charge is 0.378 e. The number of hydrogen-bond donors (Lipinski definition) is 2. The number of carbonyl (C=O) groups excluding carboxylic acids is 2. The van der Waals surface area contributed by atoms with Crippen LogP contribution in [0.15, 0.2) is 91.3 Å². The Kier molecular flexibility index (Phi) is 7.23. The standard InChI is InChI=1S/C28H26FN5O3/c29-26(20-5-2-1-3-6-20)28(36)32-23-18-30-34(19-23)25-8-4-7-21(17-25)27(35)31-22-9-11-24(12-10-22)33-13-15-37-16-14-33/h1-12,17-19,26H,13-16H2,(H,31,35)(H,32,36). The van der Waals surface area contributed by atoms with Crippen LogP contribution in [0.2, 0.25) is 0 Å². The number of anilines is 3. The molecular formula is C28H26FN5O3. The van der Waals surface area contributed by atoms with Crippen LogP contribution in [0, 0.1) is 0 Å². The van der Waals surface area contributed by atoms with Gasteiger partial charge in [0.15, 0.2) is 0 Å². The van der Waals surface area contributed by atoms with Crippen molar-refractivity contribution in [2.75, 3.05) is 41.8 Å². The van der Waals surface area contributed by atoms with Gasteiger partial charge in [0, 0.05) is 30.0 Å². The van der Waals surface area contributed by atoms with E-state index in [1.54, 1.807) is 60.8 Å². The van der Waals surface area contributed by atoms with E-state index in [0.717, 1.165) is 18.8 Å². The lowest BCUT2D eigenvalue weighted by atomic mass is 10.1. The Bertz CT molecular complexity index is 1370. The molecule has 1 aromatic heterocycles. The summed E-state index contributed by atoms with van der Waals surface area (Å²) in [5, 5.41) is 9.70. The van der Waals surface area contributed by atoms with E-state index in [1.165, 1.54) is 10.9 Å². The van der Waals surface area contributed by atoms with Crippen LogP contribution in [-0.2, 0) is 9.53 Å². The third kappa shape index (κ3) is 5.84. The first kappa shape index (κ1) is 24.2. The van der Waals surface area contributed by atoms with Crippen LogP contribution in [0.25, 0.3) is 5.69 Å². The first-order valence-corrected chi connectivity index (χ1v) is 12.0. The molecule has 0 spiro atoms. The second-order valence-corrected chi connectivity index (χ2v) is 8.59. The van der Waals surface area contributed by atoms with Gasteiger partial charge in [-0.3, -0.25) is 9.59 Å². The van der Waals surface area contributed by atoms with Crippen molar-refractivity contribution < 1.29 is 18.7 Å². The van der Waals surface area contributed by atoms with E-state index in [0.29, 0.717) is 35.8 Å². The van der Waals surface area contributed by atoms with Crippen LogP contribution in [0.5, 0.6) is 0 Å². The van der Waals surface area contributed by atoms with Gasteiger partial charge >= 0.3 is 0 Å². The third-order valence-electron chi connectivity index (χ3n) is 6.05. The van der Waals surface area contributed by atoms with Crippen LogP contribution < -0.4 is 15.5 Å². The lowest BCUT2D eigenvalue weighted by molar-refractivity contribution is -0.121. The van der Waals surface area contributed by atoms with Crippen molar-refractivity contribution in [3.8, 4) is 5.69 Å². The minimum Gasteiger partial charge on any atom is -0.378 e. The predicted octanol–water partition coefficient (Wildman–Crippen LogP) is 4.61. The number of amides is 2. The maximum atomic E-state index is 14.5. The molecule has 1 saturated heterocycles. The number of aromatic nitrogens is 2. The fourth-order valence-electron chi connectivity index (χ4n) is 4.08. The summed E-state index contributed by atoms with van der Waals surface area (Å²) >= 11 is 0. The number of hydrogen-bond acceptors (Lipinski definition) is 5. The molecule has 188 valence electrons. The SMILES string of the molecule is O=C(Nc1ccc(N2CCOCC2)cc1)c1cccc(-n2cc(NC(=O)C(F)c3ccccc3)cn2)c1. The zero-order valence-corrected chi connectivity index (χ0v) is 20.0. The van der Waals surface area contributed by atoms with Crippen molar-refractivity contribution in [3.05, 3.63) is 102 Å². The average Bonchev–Trinajstić information content (AvgIpc) is 3.42. The van der Waals surface area contributed by atoms with Gasteiger partial charge in [0.1, 0.15) is 0 Å². The number of carbonyl (C=O) groups is 2. The zero-order valence-electron chi connectivity index (χ0n) is 20.0. The molecular weight excluding hydrogens is 473 g/mol. The number of nitrogens with one attached hydrogen (secondary N) is 2. The minimum atomic E-state index is -1.79. The molecule has 37 heavy (non-hydrogen) atoms. The monoisotopic (exact) mass is 499 g/mol. The highest BCUT2D eigenvalue weighted by atomic mass is 19.1. The van der Waals surface area contributed by atoms with Gasteiger partial charge in [-0.1, -0.05) is 36.4 Å². The summed E-state index contributed by atoms with van der Waals surface area (Å²) in [5.74, 6) is -1.04. The topological polar surface area (TPSA) is 88.5 Å². The summed E-state index contributed by atoms with van der Waals surface area (Å²) in [7, 11) is 0. The van der Waals surface area contributed by atoms with E-state index in [1.807, 2.05) is 24.3 Å². The van der Waals surface area contributed by atoms with Crippen LogP contribution in [0.4, 0.5) is 21.5 Å². The van der Waals surface area contributed by atoms with Crippen molar-refractivity contribution in [1.29, 1.82) is 0 Å². The number of halogens is 1. The molecule has 1 atom stereocenters. The fourth-order valence-corrected chi connectivity index (χ4v) is 4.08. The molecule has 1 aliphatic heterocycles. The Balaban J connectivity index is 1.22. The quantitative estimate of drug-likeness (QED) is 0.388. The molecule has 2 heterocycles. The van der Waals surface area contributed by atoms with Gasteiger partial charge in [0.25, 0.3) is 11.8 Å². The first-order valence-electron chi connectivity index (χ1n) is 12.0. The lowest BCUT2D eigenvalue weighted by Gasteiger charge is -2.28. The van der Waals surface area contributed by atoms with E-state index in [4.69, 9.17) is 4.74 Å². The number of nitrogens with zero attached hydrogens (tertiary/aromatic N) is 3. The highest BCUT2D eigenvalue weighted by Crippen LogP contribution is 2.22. The van der Waals surface area contributed by atoms with Crippen LogP contribution in [0.3, 0.4) is 0 Å². The number of rotatable bonds is 7. The Hall–Kier alpha value is -4.50. The molecule has 3 aromatic carbocycles. The van der Waals surface area contributed by atoms with Gasteiger partial charge in [0.2, 0.25) is 6.17 Å². The number of morpholine rings is 1. The van der Waals surface area contributed by atoms with Gasteiger partial charge in [-0.25, -0.2) is 9.07 Å². The van der Waals surface area contributed by atoms with E-state index in [9.17, 15) is 14.0 Å². The second kappa shape index (κ2) is 11.0. The molecule has 1 aliphatic rings. The van der Waals surface area contributed by atoms with Crippen molar-refractivity contribution in [3.63, 3.8) is 0 Å². The van der Waals surface area contributed by atoms with Crippen LogP contribution in [-0.4, -0.2) is 47.9 Å². The second-order valence-electron chi connectivity index (χ2n) is 8.59. The Morgan fingerprint density at radius 1 is 0.865 bits per heavy atom. The maximum absolute atomic E-state index is 14.5. The van der Waals surface area contributed by atoms with Crippen LogP contribution in [0.1, 0.15) is 22.1 Å². The summed E-state index contributed by atoms with van der Waals surface area (Å²) in [4.78, 5) is 27.4. The minimum absolute atomic E-state index is 0.259. The van der Waals surface area contributed by atoms with E-state index in [-0.39, 0.29) is 11.5 Å². The molecule has 0 saturated carbocycles. The molecule has 1 unspecified atom stereocenters. The Morgan fingerprint density at radius 2 is 1.62 bits per heavy atom. The molecule has 2 N–H and O–H groups in total. The normalized spacial score (nSPS) is 14.1. The number of ether oxygens (including phenoxy) is 1. The van der Waals surface area contributed by atoms with Crippen molar-refractivity contribution in [2.24, 2.45) is 0 Å². The summed E-state index contributed by atoms with van der Waals surface area (Å²) in [5.41, 5.74) is 3.48. The molecule has 4 aromatic rings. The van der Waals surface area contributed by atoms with Gasteiger partial charge in [-0.2, -0.15) is 5.10 Å². The third-order valence-corrected chi connectivity index (χ3v) is 6.05. The fraction of sp³-hybridized carbons (Fsp3) is 0.179. The van der Waals surface area contributed by atoms with E-state index >= 15 is 0 Å². The van der Waals surface area contributed by atoms with Gasteiger partial charge in [0.05, 0.1) is 37.0 Å². The molecule has 0 bridgehead atoms. The molecule has 0 radical (unpaired) electrons. The molecule has 0 aliphatic carbocycles. The number of alkyl halides is 1. The van der Waals surface area contributed by atoms with Crippen molar-refractivity contribution >= 4 is 28.9 Å². The Morgan fingerprint density at radius 3 is 2.38 bits per heavy atom. The zero-order chi connectivity index (χ0) is 25.6. The summed E-state index contributed by atoms with van der Waals surface area (Å²) in [6, 6.07) is 22.9. The summed E-state index contributed by atoms with van der Waals surface area (Å²) < 4.78 is 21.4.